The number of amides is 1. The van der Waals surface area contributed by atoms with Gasteiger partial charge in [-0.25, -0.2) is 4.79 Å². The molecule has 0 aromatic heterocycles. The number of aliphatic hydroxyl groups excluding tert-OH is 1. The van der Waals surface area contributed by atoms with Crippen LogP contribution >= 0.6 is 0 Å². The van der Waals surface area contributed by atoms with E-state index in [1.165, 1.54) is 0 Å². The molecule has 0 saturated heterocycles. The summed E-state index contributed by atoms with van der Waals surface area (Å²) in [5.41, 5.74) is 0.666. The zero-order valence-corrected chi connectivity index (χ0v) is 12.6. The Bertz CT molecular complexity index is 491. The molecule has 0 unspecified atom stereocenters. The minimum absolute atomic E-state index is 0.131. The van der Waals surface area contributed by atoms with Gasteiger partial charge in [-0.3, -0.25) is 4.90 Å². The molecule has 1 rings (SSSR count). The fourth-order valence-electron chi connectivity index (χ4n) is 1.96. The smallest absolute Gasteiger partial charge is 0.411 e. The number of alkyl halides is 3. The lowest BCUT2D eigenvalue weighted by Gasteiger charge is -2.31. The quantitative estimate of drug-likeness (QED) is 0.586. The highest BCUT2D eigenvalue weighted by Crippen LogP contribution is 2.25. The summed E-state index contributed by atoms with van der Waals surface area (Å²) < 4.78 is 43.9. The lowest BCUT2D eigenvalue weighted by molar-refractivity contribution is -0.188. The molecule has 0 radical (unpaired) electrons. The second-order valence-corrected chi connectivity index (χ2v) is 4.90. The molecule has 1 atom stereocenters. The average molecular weight is 331 g/mol. The first-order valence-electron chi connectivity index (χ1n) is 7.16. The zero-order chi connectivity index (χ0) is 17.3. The van der Waals surface area contributed by atoms with E-state index in [-0.39, 0.29) is 13.2 Å². The van der Waals surface area contributed by atoms with Crippen molar-refractivity contribution in [3.8, 4) is 0 Å². The third-order valence-electron chi connectivity index (χ3n) is 3.17. The van der Waals surface area contributed by atoms with Gasteiger partial charge in [0, 0.05) is 6.54 Å². The highest BCUT2D eigenvalue weighted by Gasteiger charge is 2.45. The van der Waals surface area contributed by atoms with Gasteiger partial charge in [-0.15, -0.1) is 6.58 Å². The minimum atomic E-state index is -4.73. The number of benzene rings is 1. The van der Waals surface area contributed by atoms with E-state index < -0.39 is 24.9 Å². The number of halogens is 3. The van der Waals surface area contributed by atoms with Crippen LogP contribution in [0, 0.1) is 0 Å². The fourth-order valence-corrected chi connectivity index (χ4v) is 1.96. The first kappa shape index (κ1) is 19.0. The monoisotopic (exact) mass is 331 g/mol. The third-order valence-corrected chi connectivity index (χ3v) is 3.17. The van der Waals surface area contributed by atoms with Gasteiger partial charge in [0.2, 0.25) is 0 Å². The molecule has 1 N–H and O–H groups in total. The van der Waals surface area contributed by atoms with Gasteiger partial charge in [0.1, 0.15) is 6.61 Å². The molecule has 0 aliphatic heterocycles. The largest absolute Gasteiger partial charge is 0.445 e. The normalized spacial score (nSPS) is 12.5. The van der Waals surface area contributed by atoms with Crippen LogP contribution in [0.15, 0.2) is 43.0 Å². The summed E-state index contributed by atoms with van der Waals surface area (Å²) in [6.45, 7) is 1.97. The van der Waals surface area contributed by atoms with Crippen molar-refractivity contribution >= 4 is 6.09 Å². The summed E-state index contributed by atoms with van der Waals surface area (Å²) in [5.74, 6) is 0. The van der Waals surface area contributed by atoms with Crippen molar-refractivity contribution in [2.75, 3.05) is 13.2 Å². The molecule has 1 amide bonds. The van der Waals surface area contributed by atoms with Crippen LogP contribution in [0.25, 0.3) is 0 Å². The first-order valence-corrected chi connectivity index (χ1v) is 7.16. The highest BCUT2D eigenvalue weighted by atomic mass is 19.4. The average Bonchev–Trinajstić information content (AvgIpc) is 2.51. The summed E-state index contributed by atoms with van der Waals surface area (Å²) in [6, 6.07) is 6.36. The van der Waals surface area contributed by atoms with E-state index in [0.717, 1.165) is 0 Å². The summed E-state index contributed by atoms with van der Waals surface area (Å²) >= 11 is 0. The van der Waals surface area contributed by atoms with Gasteiger partial charge in [-0.05, 0) is 18.4 Å². The summed E-state index contributed by atoms with van der Waals surface area (Å²) in [7, 11) is 0. The third kappa shape index (κ3) is 6.32. The predicted octanol–water partition coefficient (Wildman–Crippen LogP) is 3.51. The van der Waals surface area contributed by atoms with Crippen LogP contribution in [0.1, 0.15) is 18.4 Å². The Morgan fingerprint density at radius 2 is 2.00 bits per heavy atom. The Morgan fingerprint density at radius 3 is 2.52 bits per heavy atom. The van der Waals surface area contributed by atoms with Gasteiger partial charge in [0.05, 0.1) is 6.61 Å². The number of aliphatic hydroxyl groups is 1. The summed E-state index contributed by atoms with van der Waals surface area (Å²) in [5, 5.41) is 9.03. The minimum Gasteiger partial charge on any atom is -0.445 e. The maximum Gasteiger partial charge on any atom is 0.411 e. The Hall–Kier alpha value is -2.02. The summed E-state index contributed by atoms with van der Waals surface area (Å²) in [4.78, 5) is 12.5. The predicted molar refractivity (Wildman–Crippen MR) is 79.7 cm³/mol. The van der Waals surface area contributed by atoms with E-state index in [1.54, 1.807) is 36.4 Å². The van der Waals surface area contributed by atoms with Crippen molar-refractivity contribution < 1.29 is 27.8 Å². The lowest BCUT2D eigenvalue weighted by Crippen LogP contribution is -2.51. The van der Waals surface area contributed by atoms with Crippen molar-refractivity contribution in [2.45, 2.75) is 31.7 Å². The number of hydrogen-bond donors (Lipinski definition) is 1. The molecule has 1 aromatic carbocycles. The topological polar surface area (TPSA) is 49.8 Å². The molecular formula is C16H20F3NO3. The van der Waals surface area contributed by atoms with Crippen molar-refractivity contribution in [1.82, 2.24) is 4.90 Å². The van der Waals surface area contributed by atoms with Crippen molar-refractivity contribution in [3.05, 3.63) is 48.6 Å². The highest BCUT2D eigenvalue weighted by molar-refractivity contribution is 5.68. The van der Waals surface area contributed by atoms with Gasteiger partial charge >= 0.3 is 12.3 Å². The number of ether oxygens (including phenoxy) is 1. The number of nitrogens with zero attached hydrogens (tertiary/aromatic N) is 1. The number of hydrogen-bond acceptors (Lipinski definition) is 3. The van der Waals surface area contributed by atoms with Crippen LogP contribution in [0.3, 0.4) is 0 Å². The molecule has 0 aliphatic carbocycles. The fraction of sp³-hybridized carbons (Fsp3) is 0.438. The van der Waals surface area contributed by atoms with E-state index in [9.17, 15) is 18.0 Å². The van der Waals surface area contributed by atoms with Gasteiger partial charge < -0.3 is 9.84 Å². The second-order valence-electron chi connectivity index (χ2n) is 4.90. The standard InChI is InChI=1S/C16H20F3NO3/c1-2-3-7-10-20(14(11-21)16(17,18)19)15(22)23-12-13-8-5-4-6-9-13/h2,4-6,8-9,14,21H,1,3,7,10-12H2/t14-/m1/s1. The molecule has 0 spiro atoms. The van der Waals surface area contributed by atoms with E-state index in [1.807, 2.05) is 0 Å². The van der Waals surface area contributed by atoms with Crippen LogP contribution < -0.4 is 0 Å². The molecule has 0 aliphatic rings. The van der Waals surface area contributed by atoms with Crippen LogP contribution in [0.4, 0.5) is 18.0 Å². The van der Waals surface area contributed by atoms with E-state index >= 15 is 0 Å². The molecule has 0 bridgehead atoms. The molecule has 1 aromatic rings. The van der Waals surface area contributed by atoms with Crippen LogP contribution in [-0.2, 0) is 11.3 Å². The Balaban J connectivity index is 2.76. The van der Waals surface area contributed by atoms with E-state index in [0.29, 0.717) is 23.3 Å². The summed E-state index contributed by atoms with van der Waals surface area (Å²) in [6.07, 6.45) is -3.52. The Labute approximate surface area is 133 Å². The molecule has 0 saturated carbocycles. The van der Waals surface area contributed by atoms with Crippen LogP contribution in [-0.4, -0.2) is 41.5 Å². The van der Waals surface area contributed by atoms with Gasteiger partial charge in [-0.2, -0.15) is 13.2 Å². The van der Waals surface area contributed by atoms with E-state index in [4.69, 9.17) is 9.84 Å². The van der Waals surface area contributed by atoms with Gasteiger partial charge in [-0.1, -0.05) is 36.4 Å². The first-order chi connectivity index (χ1) is 10.9. The lowest BCUT2D eigenvalue weighted by atomic mass is 10.2. The molecule has 0 heterocycles. The molecule has 4 nitrogen and oxygen atoms in total. The molecule has 0 fully saturated rings. The number of unbranched alkanes of at least 4 members (excludes halogenated alkanes) is 1. The number of carbonyl (C=O) groups excluding carboxylic acids is 1. The number of allylic oxidation sites excluding steroid dienone is 1. The van der Waals surface area contributed by atoms with Crippen molar-refractivity contribution in [3.63, 3.8) is 0 Å². The maximum atomic E-state index is 13.0. The van der Waals surface area contributed by atoms with Gasteiger partial charge in [0.15, 0.2) is 6.04 Å². The van der Waals surface area contributed by atoms with Crippen molar-refractivity contribution in [2.24, 2.45) is 0 Å². The number of carbonyl (C=O) groups is 1. The molecule has 128 valence electrons. The SMILES string of the molecule is C=CCCCN(C(=O)OCc1ccccc1)[C@H](CO)C(F)(F)F. The molecular weight excluding hydrogens is 311 g/mol. The zero-order valence-electron chi connectivity index (χ0n) is 12.6. The molecule has 7 heteroatoms. The second kappa shape index (κ2) is 9.19. The Morgan fingerprint density at radius 1 is 1.35 bits per heavy atom. The molecule has 23 heavy (non-hydrogen) atoms. The maximum absolute atomic E-state index is 13.0. The van der Waals surface area contributed by atoms with Crippen LogP contribution in [0.2, 0.25) is 0 Å². The van der Waals surface area contributed by atoms with E-state index in [2.05, 4.69) is 6.58 Å². The van der Waals surface area contributed by atoms with Crippen molar-refractivity contribution in [1.29, 1.82) is 0 Å². The van der Waals surface area contributed by atoms with Crippen LogP contribution in [0.5, 0.6) is 0 Å². The number of rotatable bonds is 8. The van der Waals surface area contributed by atoms with Gasteiger partial charge in [0.25, 0.3) is 0 Å². The Kier molecular flexibility index (Phi) is 7.61.